The smallest absolute Gasteiger partial charge is 0.435 e. The zero-order valence-electron chi connectivity index (χ0n) is 17.6. The number of hydrogen-bond donors (Lipinski definition) is 1. The first-order valence-corrected chi connectivity index (χ1v) is 9.53. The highest BCUT2D eigenvalue weighted by atomic mass is 19.4. The predicted molar refractivity (Wildman–Crippen MR) is 106 cm³/mol. The Labute approximate surface area is 194 Å². The number of hydrogen-bond acceptors (Lipinski definition) is 6. The van der Waals surface area contributed by atoms with Crippen molar-refractivity contribution in [1.29, 1.82) is 0 Å². The van der Waals surface area contributed by atoms with Crippen LogP contribution in [0.25, 0.3) is 33.9 Å². The van der Waals surface area contributed by atoms with Crippen LogP contribution in [0.1, 0.15) is 17.0 Å². The number of ether oxygens (including phenoxy) is 1. The topological polar surface area (TPSA) is 91.7 Å². The van der Waals surface area contributed by atoms with Crippen LogP contribution in [0.3, 0.4) is 0 Å². The molecule has 190 valence electrons. The molecular formula is C20H11F9N6O. The minimum Gasteiger partial charge on any atom is -0.496 e. The van der Waals surface area contributed by atoms with E-state index >= 15 is 0 Å². The van der Waals surface area contributed by atoms with Crippen molar-refractivity contribution in [1.82, 2.24) is 24.6 Å². The average Bonchev–Trinajstić information content (AvgIpc) is 3.12. The Bertz CT molecular complexity index is 1440. The lowest BCUT2D eigenvalue weighted by Crippen LogP contribution is -2.14. The van der Waals surface area contributed by atoms with Crippen LogP contribution in [-0.4, -0.2) is 31.7 Å². The zero-order chi connectivity index (χ0) is 26.6. The molecule has 7 nitrogen and oxygen atoms in total. The first kappa shape index (κ1) is 25.0. The summed E-state index contributed by atoms with van der Waals surface area (Å²) in [6, 6.07) is 3.55. The lowest BCUT2D eigenvalue weighted by atomic mass is 10.1. The standard InChI is InChI=1S/C20H11F9N6O/c1-36-11-6-9(18(21,22)23)3-4-10(11)16-32-13-14(20(27,28)29)33-15(34-17(13)35(16)30)8-2-5-12(31-7-8)19(24,25)26/h2-7H,30H2,1H3. The van der Waals surface area contributed by atoms with E-state index in [1.165, 1.54) is 0 Å². The Hall–Kier alpha value is -4.11. The molecule has 0 aliphatic rings. The number of benzene rings is 1. The fourth-order valence-corrected chi connectivity index (χ4v) is 3.24. The van der Waals surface area contributed by atoms with Gasteiger partial charge in [0.2, 0.25) is 0 Å². The number of imidazole rings is 1. The molecule has 0 unspecified atom stereocenters. The van der Waals surface area contributed by atoms with Crippen molar-refractivity contribution in [3.05, 3.63) is 53.5 Å². The third-order valence-electron chi connectivity index (χ3n) is 4.89. The van der Waals surface area contributed by atoms with Crippen LogP contribution in [-0.2, 0) is 18.5 Å². The van der Waals surface area contributed by atoms with E-state index in [-0.39, 0.29) is 16.9 Å². The van der Waals surface area contributed by atoms with Crippen molar-refractivity contribution in [2.45, 2.75) is 18.5 Å². The molecule has 0 spiro atoms. The van der Waals surface area contributed by atoms with E-state index in [9.17, 15) is 39.5 Å². The minimum atomic E-state index is -5.11. The van der Waals surface area contributed by atoms with E-state index in [0.717, 1.165) is 19.2 Å². The molecule has 0 amide bonds. The van der Waals surface area contributed by atoms with Gasteiger partial charge < -0.3 is 10.6 Å². The summed E-state index contributed by atoms with van der Waals surface area (Å²) < 4.78 is 124. The summed E-state index contributed by atoms with van der Waals surface area (Å²) in [6.45, 7) is 0. The van der Waals surface area contributed by atoms with Crippen LogP contribution in [0.4, 0.5) is 39.5 Å². The van der Waals surface area contributed by atoms with E-state index in [1.54, 1.807) is 0 Å². The summed E-state index contributed by atoms with van der Waals surface area (Å²) in [5.41, 5.74) is -5.85. The Morgan fingerprint density at radius 2 is 1.53 bits per heavy atom. The molecule has 16 heteroatoms. The van der Waals surface area contributed by atoms with Crippen molar-refractivity contribution >= 4 is 11.2 Å². The van der Waals surface area contributed by atoms with E-state index in [2.05, 4.69) is 19.9 Å². The highest BCUT2D eigenvalue weighted by Crippen LogP contribution is 2.39. The minimum absolute atomic E-state index is 0.183. The molecule has 0 aliphatic carbocycles. The van der Waals surface area contributed by atoms with Gasteiger partial charge >= 0.3 is 18.5 Å². The summed E-state index contributed by atoms with van der Waals surface area (Å²) in [7, 11) is 1.04. The quantitative estimate of drug-likeness (QED) is 0.289. The predicted octanol–water partition coefficient (Wildman–Crippen LogP) is 5.33. The summed E-state index contributed by atoms with van der Waals surface area (Å²) >= 11 is 0. The van der Waals surface area contributed by atoms with Gasteiger partial charge in [0.1, 0.15) is 17.0 Å². The van der Waals surface area contributed by atoms with Gasteiger partial charge in [-0.05, 0) is 30.3 Å². The molecule has 1 aromatic carbocycles. The second-order valence-electron chi connectivity index (χ2n) is 7.21. The third kappa shape index (κ3) is 4.45. The maximum absolute atomic E-state index is 13.8. The van der Waals surface area contributed by atoms with Crippen molar-refractivity contribution in [2.24, 2.45) is 0 Å². The molecule has 2 N–H and O–H groups in total. The van der Waals surface area contributed by atoms with Gasteiger partial charge in [-0.15, -0.1) is 0 Å². The number of methoxy groups -OCH3 is 1. The molecule has 4 rings (SSSR count). The number of rotatable bonds is 3. The molecule has 3 aromatic heterocycles. The molecule has 0 bridgehead atoms. The van der Waals surface area contributed by atoms with Crippen LogP contribution in [0.5, 0.6) is 5.75 Å². The summed E-state index contributed by atoms with van der Waals surface area (Å²) in [5.74, 6) is 4.43. The van der Waals surface area contributed by atoms with Crippen LogP contribution in [0, 0.1) is 0 Å². The summed E-state index contributed by atoms with van der Waals surface area (Å²) in [4.78, 5) is 14.3. The largest absolute Gasteiger partial charge is 0.496 e. The number of aromatic nitrogens is 5. The number of pyridine rings is 1. The van der Waals surface area contributed by atoms with Crippen molar-refractivity contribution in [3.63, 3.8) is 0 Å². The molecular weight excluding hydrogens is 511 g/mol. The van der Waals surface area contributed by atoms with Crippen molar-refractivity contribution < 1.29 is 44.3 Å². The Morgan fingerprint density at radius 3 is 2.06 bits per heavy atom. The summed E-state index contributed by atoms with van der Waals surface area (Å²) in [6.07, 6.45) is -14.0. The van der Waals surface area contributed by atoms with E-state index in [1.807, 2.05) is 0 Å². The van der Waals surface area contributed by atoms with Gasteiger partial charge in [0.15, 0.2) is 23.0 Å². The second-order valence-corrected chi connectivity index (χ2v) is 7.21. The second kappa shape index (κ2) is 8.23. The third-order valence-corrected chi connectivity index (χ3v) is 4.89. The van der Waals surface area contributed by atoms with Gasteiger partial charge in [-0.1, -0.05) is 0 Å². The van der Waals surface area contributed by atoms with Crippen LogP contribution in [0.15, 0.2) is 36.5 Å². The number of nitrogens with zero attached hydrogens (tertiary/aromatic N) is 5. The molecule has 0 fully saturated rings. The lowest BCUT2D eigenvalue weighted by molar-refractivity contribution is -0.141. The van der Waals surface area contributed by atoms with E-state index in [0.29, 0.717) is 29.1 Å². The molecule has 4 aromatic rings. The zero-order valence-corrected chi connectivity index (χ0v) is 17.6. The van der Waals surface area contributed by atoms with Gasteiger partial charge in [0.05, 0.1) is 18.2 Å². The maximum atomic E-state index is 13.8. The first-order valence-electron chi connectivity index (χ1n) is 9.53. The Balaban J connectivity index is 1.93. The Kier molecular flexibility index (Phi) is 5.72. The lowest BCUT2D eigenvalue weighted by Gasteiger charge is -2.12. The molecule has 0 saturated heterocycles. The van der Waals surface area contributed by atoms with Gasteiger partial charge in [0, 0.05) is 11.8 Å². The normalized spacial score (nSPS) is 12.8. The number of nitrogen functional groups attached to an aromatic ring is 1. The summed E-state index contributed by atoms with van der Waals surface area (Å²) in [5, 5.41) is 0. The average molecular weight is 522 g/mol. The molecule has 0 aliphatic heterocycles. The number of halogens is 9. The van der Waals surface area contributed by atoms with Crippen LogP contribution >= 0.6 is 0 Å². The number of fused-ring (bicyclic) bond motifs is 1. The highest BCUT2D eigenvalue weighted by molar-refractivity contribution is 5.83. The van der Waals surface area contributed by atoms with E-state index < -0.39 is 58.3 Å². The fraction of sp³-hybridized carbons (Fsp3) is 0.200. The molecule has 36 heavy (non-hydrogen) atoms. The van der Waals surface area contributed by atoms with Crippen molar-refractivity contribution in [2.75, 3.05) is 13.0 Å². The Morgan fingerprint density at radius 1 is 0.833 bits per heavy atom. The van der Waals surface area contributed by atoms with Gasteiger partial charge in [-0.3, -0.25) is 4.98 Å². The van der Waals surface area contributed by atoms with Gasteiger partial charge in [-0.2, -0.15) is 39.5 Å². The van der Waals surface area contributed by atoms with E-state index in [4.69, 9.17) is 10.6 Å². The number of nitrogens with two attached hydrogens (primary N) is 1. The van der Waals surface area contributed by atoms with Gasteiger partial charge in [0.25, 0.3) is 0 Å². The monoisotopic (exact) mass is 522 g/mol. The van der Waals surface area contributed by atoms with Gasteiger partial charge in [-0.25, -0.2) is 19.6 Å². The molecule has 0 radical (unpaired) electrons. The highest BCUT2D eigenvalue weighted by Gasteiger charge is 2.39. The first-order chi connectivity index (χ1) is 16.6. The molecule has 3 heterocycles. The van der Waals surface area contributed by atoms with Crippen LogP contribution in [0.2, 0.25) is 0 Å². The van der Waals surface area contributed by atoms with Crippen molar-refractivity contribution in [3.8, 4) is 28.5 Å². The fourth-order valence-electron chi connectivity index (χ4n) is 3.24. The van der Waals surface area contributed by atoms with Crippen LogP contribution < -0.4 is 10.6 Å². The number of alkyl halides is 9. The SMILES string of the molecule is COc1cc(C(F)(F)F)ccc1-c1nc2c(C(F)(F)F)nc(-c3ccc(C(F)(F)F)nc3)nc2n1N. The maximum Gasteiger partial charge on any atom is 0.435 e. The molecule has 0 atom stereocenters. The molecule has 0 saturated carbocycles.